The molecule has 1 saturated heterocycles. The Morgan fingerprint density at radius 1 is 0.739 bits per heavy atom. The third kappa shape index (κ3) is 3.44. The summed E-state index contributed by atoms with van der Waals surface area (Å²) in [5, 5.41) is 0. The molecule has 0 amide bonds. The fourth-order valence-electron chi connectivity index (χ4n) is 4.29. The molecule has 2 aromatic carbocycles. The summed E-state index contributed by atoms with van der Waals surface area (Å²) in [6, 6.07) is 19.9. The Morgan fingerprint density at radius 2 is 1.26 bits per heavy atom. The van der Waals surface area contributed by atoms with E-state index in [4.69, 9.17) is 0 Å². The minimum absolute atomic E-state index is 0.225. The van der Waals surface area contributed by atoms with Crippen LogP contribution in [0.5, 0.6) is 0 Å². The molecular formula is C22H29N. The van der Waals surface area contributed by atoms with E-state index in [1.165, 1.54) is 36.1 Å². The summed E-state index contributed by atoms with van der Waals surface area (Å²) in [5.41, 5.74) is 4.56. The lowest BCUT2D eigenvalue weighted by atomic mass is 9.79. The van der Waals surface area contributed by atoms with Gasteiger partial charge in [0.25, 0.3) is 0 Å². The van der Waals surface area contributed by atoms with E-state index < -0.39 is 0 Å². The van der Waals surface area contributed by atoms with Gasteiger partial charge in [0.1, 0.15) is 0 Å². The van der Waals surface area contributed by atoms with Gasteiger partial charge in [0, 0.05) is 16.8 Å². The van der Waals surface area contributed by atoms with Crippen LogP contribution >= 0.6 is 0 Å². The SMILES string of the molecule is CC1(C)CCCC(C)(C)N1c1ccc(Cc2ccccc2)cc1. The first kappa shape index (κ1) is 16.1. The van der Waals surface area contributed by atoms with Gasteiger partial charge < -0.3 is 4.90 Å². The molecule has 0 saturated carbocycles. The molecule has 0 aromatic heterocycles. The third-order valence-corrected chi connectivity index (χ3v) is 5.23. The molecule has 0 spiro atoms. The van der Waals surface area contributed by atoms with Crippen LogP contribution in [0.2, 0.25) is 0 Å². The number of piperidine rings is 1. The van der Waals surface area contributed by atoms with Gasteiger partial charge in [-0.3, -0.25) is 0 Å². The monoisotopic (exact) mass is 307 g/mol. The van der Waals surface area contributed by atoms with Crippen LogP contribution in [0.15, 0.2) is 54.6 Å². The summed E-state index contributed by atoms with van der Waals surface area (Å²) < 4.78 is 0. The van der Waals surface area contributed by atoms with Gasteiger partial charge >= 0.3 is 0 Å². The highest BCUT2D eigenvalue weighted by Gasteiger charge is 2.41. The Balaban J connectivity index is 1.83. The molecule has 0 aliphatic carbocycles. The normalized spacial score (nSPS) is 19.6. The van der Waals surface area contributed by atoms with E-state index in [1.54, 1.807) is 0 Å². The number of hydrogen-bond acceptors (Lipinski definition) is 1. The lowest BCUT2D eigenvalue weighted by molar-refractivity contribution is 0.244. The molecule has 1 nitrogen and oxygen atoms in total. The van der Waals surface area contributed by atoms with Crippen LogP contribution in [0.3, 0.4) is 0 Å². The molecule has 0 atom stereocenters. The summed E-state index contributed by atoms with van der Waals surface area (Å²) in [5.74, 6) is 0. The Bertz CT molecular complexity index is 621. The predicted octanol–water partition coefficient (Wildman–Crippen LogP) is 5.82. The topological polar surface area (TPSA) is 3.24 Å². The van der Waals surface area contributed by atoms with E-state index in [1.807, 2.05) is 0 Å². The van der Waals surface area contributed by atoms with Crippen molar-refractivity contribution >= 4 is 5.69 Å². The highest BCUT2D eigenvalue weighted by atomic mass is 15.3. The molecule has 23 heavy (non-hydrogen) atoms. The van der Waals surface area contributed by atoms with E-state index in [9.17, 15) is 0 Å². The molecule has 1 aliphatic heterocycles. The standard InChI is InChI=1S/C22H29N/c1-21(2)15-8-16-22(3,4)23(21)20-13-11-19(12-14-20)17-18-9-6-5-7-10-18/h5-7,9-14H,8,15-17H2,1-4H3. The van der Waals surface area contributed by atoms with Gasteiger partial charge in [-0.1, -0.05) is 42.5 Å². The van der Waals surface area contributed by atoms with Crippen LogP contribution in [0.4, 0.5) is 5.69 Å². The van der Waals surface area contributed by atoms with Gasteiger partial charge in [-0.15, -0.1) is 0 Å². The Kier molecular flexibility index (Phi) is 4.23. The summed E-state index contributed by atoms with van der Waals surface area (Å²) in [6.45, 7) is 9.52. The molecule has 1 heteroatoms. The van der Waals surface area contributed by atoms with Gasteiger partial charge in [-0.05, 0) is 76.6 Å². The Morgan fingerprint density at radius 3 is 1.83 bits per heavy atom. The maximum absolute atomic E-state index is 2.63. The highest BCUT2D eigenvalue weighted by molar-refractivity contribution is 5.53. The summed E-state index contributed by atoms with van der Waals surface area (Å²) in [6.07, 6.45) is 4.86. The first-order valence-electron chi connectivity index (χ1n) is 8.82. The average molecular weight is 307 g/mol. The summed E-state index contributed by atoms with van der Waals surface area (Å²) in [7, 11) is 0. The van der Waals surface area contributed by atoms with Crippen LogP contribution in [-0.4, -0.2) is 11.1 Å². The molecule has 0 unspecified atom stereocenters. The van der Waals surface area contributed by atoms with Crippen LogP contribution in [0.1, 0.15) is 58.1 Å². The quantitative estimate of drug-likeness (QED) is 0.690. The molecule has 122 valence electrons. The van der Waals surface area contributed by atoms with Gasteiger partial charge in [-0.2, -0.15) is 0 Å². The zero-order chi connectivity index (χ0) is 16.5. The smallest absolute Gasteiger partial charge is 0.0375 e. The lowest BCUT2D eigenvalue weighted by Crippen LogP contribution is -2.59. The van der Waals surface area contributed by atoms with E-state index in [0.29, 0.717) is 0 Å². The molecule has 0 bridgehead atoms. The first-order chi connectivity index (χ1) is 10.9. The number of benzene rings is 2. The molecule has 1 aliphatic rings. The van der Waals surface area contributed by atoms with Crippen molar-refractivity contribution in [2.24, 2.45) is 0 Å². The van der Waals surface area contributed by atoms with Crippen molar-refractivity contribution in [3.8, 4) is 0 Å². The van der Waals surface area contributed by atoms with Crippen LogP contribution in [0, 0.1) is 0 Å². The van der Waals surface area contributed by atoms with Gasteiger partial charge in [0.2, 0.25) is 0 Å². The van der Waals surface area contributed by atoms with Crippen LogP contribution in [-0.2, 0) is 6.42 Å². The minimum Gasteiger partial charge on any atom is -0.361 e. The fraction of sp³-hybridized carbons (Fsp3) is 0.455. The highest BCUT2D eigenvalue weighted by Crippen LogP contribution is 2.41. The molecule has 3 rings (SSSR count). The predicted molar refractivity (Wildman–Crippen MR) is 100 cm³/mol. The van der Waals surface area contributed by atoms with Gasteiger partial charge in [0.05, 0.1) is 0 Å². The van der Waals surface area contributed by atoms with E-state index in [2.05, 4.69) is 87.2 Å². The van der Waals surface area contributed by atoms with Crippen molar-refractivity contribution in [3.63, 3.8) is 0 Å². The summed E-state index contributed by atoms with van der Waals surface area (Å²) in [4.78, 5) is 2.63. The zero-order valence-electron chi connectivity index (χ0n) is 15.0. The fourth-order valence-corrected chi connectivity index (χ4v) is 4.29. The van der Waals surface area contributed by atoms with Crippen LogP contribution < -0.4 is 4.90 Å². The first-order valence-corrected chi connectivity index (χ1v) is 8.82. The zero-order valence-corrected chi connectivity index (χ0v) is 15.0. The average Bonchev–Trinajstić information content (AvgIpc) is 2.48. The van der Waals surface area contributed by atoms with E-state index >= 15 is 0 Å². The largest absolute Gasteiger partial charge is 0.361 e. The van der Waals surface area contributed by atoms with E-state index in [0.717, 1.165) is 6.42 Å². The van der Waals surface area contributed by atoms with Crippen molar-refractivity contribution in [1.29, 1.82) is 0 Å². The number of rotatable bonds is 3. The summed E-state index contributed by atoms with van der Waals surface area (Å²) >= 11 is 0. The maximum atomic E-state index is 2.63. The van der Waals surface area contributed by atoms with Crippen LogP contribution in [0.25, 0.3) is 0 Å². The van der Waals surface area contributed by atoms with Crippen molar-refractivity contribution < 1.29 is 0 Å². The second kappa shape index (κ2) is 6.03. The lowest BCUT2D eigenvalue weighted by Gasteiger charge is -2.54. The maximum Gasteiger partial charge on any atom is 0.0375 e. The molecule has 0 N–H and O–H groups in total. The van der Waals surface area contributed by atoms with Crippen molar-refractivity contribution in [1.82, 2.24) is 0 Å². The Hall–Kier alpha value is -1.76. The van der Waals surface area contributed by atoms with E-state index in [-0.39, 0.29) is 11.1 Å². The van der Waals surface area contributed by atoms with Gasteiger partial charge in [0.15, 0.2) is 0 Å². The second-order valence-electron chi connectivity index (χ2n) is 8.14. The molecule has 1 heterocycles. The third-order valence-electron chi connectivity index (χ3n) is 5.23. The molecule has 2 aromatic rings. The van der Waals surface area contributed by atoms with Crippen molar-refractivity contribution in [3.05, 3.63) is 65.7 Å². The molecular weight excluding hydrogens is 278 g/mol. The van der Waals surface area contributed by atoms with Gasteiger partial charge in [-0.25, -0.2) is 0 Å². The molecule has 0 radical (unpaired) electrons. The number of anilines is 1. The molecule has 1 fully saturated rings. The van der Waals surface area contributed by atoms with Crippen molar-refractivity contribution in [2.45, 2.75) is 64.5 Å². The minimum atomic E-state index is 0.225. The van der Waals surface area contributed by atoms with Crippen molar-refractivity contribution in [2.75, 3.05) is 4.90 Å². The Labute approximate surface area is 141 Å². The number of hydrogen-bond donors (Lipinski definition) is 0. The second-order valence-corrected chi connectivity index (χ2v) is 8.14. The number of nitrogens with zero attached hydrogens (tertiary/aromatic N) is 1.